The van der Waals surface area contributed by atoms with Gasteiger partial charge in [-0.3, -0.25) is 9.89 Å². The van der Waals surface area contributed by atoms with Gasteiger partial charge in [-0.25, -0.2) is 4.39 Å². The van der Waals surface area contributed by atoms with Crippen LogP contribution >= 0.6 is 24.0 Å². The molecular weight excluding hydrogens is 422 g/mol. The number of hydrogen-bond acceptors (Lipinski definition) is 3. The number of aliphatic imine (C=N–C) groups is 1. The quantitative estimate of drug-likeness (QED) is 0.427. The van der Waals surface area contributed by atoms with Gasteiger partial charge in [0, 0.05) is 26.2 Å². The molecule has 0 bridgehead atoms. The van der Waals surface area contributed by atoms with E-state index in [9.17, 15) is 4.39 Å². The molecule has 7 heteroatoms. The Morgan fingerprint density at radius 2 is 1.96 bits per heavy atom. The summed E-state index contributed by atoms with van der Waals surface area (Å²) in [5.74, 6) is 0.374. The minimum Gasteiger partial charge on any atom is -0.379 e. The van der Waals surface area contributed by atoms with Crippen LogP contribution in [0.3, 0.4) is 0 Å². The normalized spacial score (nSPS) is 20.3. The van der Waals surface area contributed by atoms with E-state index < -0.39 is 0 Å². The Morgan fingerprint density at radius 1 is 1.33 bits per heavy atom. The Balaban J connectivity index is 0.00000208. The molecule has 1 aliphatic heterocycles. The van der Waals surface area contributed by atoms with Crippen LogP contribution in [0.5, 0.6) is 0 Å². The molecule has 1 unspecified atom stereocenters. The molecule has 2 fully saturated rings. The van der Waals surface area contributed by atoms with Crippen molar-refractivity contribution < 1.29 is 9.13 Å². The Bertz CT molecular complexity index is 544. The molecule has 1 aromatic carbocycles. The van der Waals surface area contributed by atoms with Crippen LogP contribution in [-0.2, 0) is 4.74 Å². The maximum absolute atomic E-state index is 13.2. The smallest absolute Gasteiger partial charge is 0.191 e. The number of nitrogens with two attached hydrogens (primary N) is 1. The van der Waals surface area contributed by atoms with E-state index in [-0.39, 0.29) is 35.8 Å². The summed E-state index contributed by atoms with van der Waals surface area (Å²) in [4.78, 5) is 9.00. The Labute approximate surface area is 160 Å². The molecule has 1 atom stereocenters. The SMILES string of the molecule is CN(C(N)=NCC(c1ccc(F)cc1)N1CCOCC1)C1CC1.I. The average Bonchev–Trinajstić information content (AvgIpc) is 3.41. The number of hydrogen-bond donors (Lipinski definition) is 1. The molecule has 0 aromatic heterocycles. The Kier molecular flexibility index (Phi) is 7.24. The minimum absolute atomic E-state index is 0. The second-order valence-electron chi connectivity index (χ2n) is 6.26. The molecule has 0 radical (unpaired) electrons. The van der Waals surface area contributed by atoms with Crippen LogP contribution in [0.25, 0.3) is 0 Å². The molecule has 1 aromatic rings. The van der Waals surface area contributed by atoms with Crippen LogP contribution < -0.4 is 5.73 Å². The average molecular weight is 448 g/mol. The van der Waals surface area contributed by atoms with Gasteiger partial charge >= 0.3 is 0 Å². The minimum atomic E-state index is -0.217. The van der Waals surface area contributed by atoms with E-state index >= 15 is 0 Å². The van der Waals surface area contributed by atoms with Crippen molar-refractivity contribution in [1.82, 2.24) is 9.80 Å². The summed E-state index contributed by atoms with van der Waals surface area (Å²) in [5, 5.41) is 0. The summed E-state index contributed by atoms with van der Waals surface area (Å²) in [6.45, 7) is 3.73. The molecule has 0 spiro atoms. The van der Waals surface area contributed by atoms with E-state index in [0.717, 1.165) is 31.9 Å². The number of morpholine rings is 1. The van der Waals surface area contributed by atoms with Crippen LogP contribution in [0, 0.1) is 5.82 Å². The lowest BCUT2D eigenvalue weighted by Crippen LogP contribution is -2.41. The number of guanidine groups is 1. The summed E-state index contributed by atoms with van der Waals surface area (Å²) in [6.07, 6.45) is 2.38. The summed E-state index contributed by atoms with van der Waals surface area (Å²) in [6, 6.07) is 7.34. The lowest BCUT2D eigenvalue weighted by Gasteiger charge is -2.34. The summed E-state index contributed by atoms with van der Waals surface area (Å²) >= 11 is 0. The molecule has 2 aliphatic rings. The predicted octanol–water partition coefficient (Wildman–Crippen LogP) is 2.23. The van der Waals surface area contributed by atoms with Gasteiger partial charge in [-0.15, -0.1) is 24.0 Å². The van der Waals surface area contributed by atoms with Crippen molar-refractivity contribution in [2.24, 2.45) is 10.7 Å². The van der Waals surface area contributed by atoms with E-state index in [4.69, 9.17) is 10.5 Å². The number of nitrogens with zero attached hydrogens (tertiary/aromatic N) is 3. The standard InChI is InChI=1S/C17H25FN4O.HI/c1-21(15-6-7-15)17(19)20-12-16(22-8-10-23-11-9-22)13-2-4-14(18)5-3-13;/h2-5,15-16H,6-12H2,1H3,(H2,19,20);1H. The first-order chi connectivity index (χ1) is 11.1. The van der Waals surface area contributed by atoms with Crippen LogP contribution in [-0.4, -0.2) is 61.7 Å². The third kappa shape index (κ3) is 5.03. The zero-order valence-electron chi connectivity index (χ0n) is 14.0. The number of rotatable bonds is 5. The van der Waals surface area contributed by atoms with Crippen molar-refractivity contribution in [3.8, 4) is 0 Å². The molecule has 2 N–H and O–H groups in total. The highest BCUT2D eigenvalue weighted by Crippen LogP contribution is 2.26. The van der Waals surface area contributed by atoms with Gasteiger partial charge in [0.25, 0.3) is 0 Å². The molecule has 1 saturated carbocycles. The molecule has 24 heavy (non-hydrogen) atoms. The first-order valence-corrected chi connectivity index (χ1v) is 8.25. The molecule has 3 rings (SSSR count). The first-order valence-electron chi connectivity index (χ1n) is 8.25. The molecule has 1 heterocycles. The van der Waals surface area contributed by atoms with Crippen molar-refractivity contribution in [3.63, 3.8) is 0 Å². The highest BCUT2D eigenvalue weighted by atomic mass is 127. The number of ether oxygens (including phenoxy) is 1. The van der Waals surface area contributed by atoms with Crippen LogP contribution in [0.15, 0.2) is 29.3 Å². The lowest BCUT2D eigenvalue weighted by atomic mass is 10.0. The van der Waals surface area contributed by atoms with Crippen molar-refractivity contribution >= 4 is 29.9 Å². The van der Waals surface area contributed by atoms with Crippen LogP contribution in [0.1, 0.15) is 24.4 Å². The van der Waals surface area contributed by atoms with Gasteiger partial charge in [-0.1, -0.05) is 12.1 Å². The first kappa shape index (κ1) is 19.4. The monoisotopic (exact) mass is 448 g/mol. The Morgan fingerprint density at radius 3 is 2.54 bits per heavy atom. The van der Waals surface area contributed by atoms with E-state index in [1.165, 1.54) is 25.0 Å². The molecular formula is C17H26FIN4O. The second-order valence-corrected chi connectivity index (χ2v) is 6.26. The van der Waals surface area contributed by atoms with Crippen molar-refractivity contribution in [2.45, 2.75) is 24.9 Å². The largest absolute Gasteiger partial charge is 0.379 e. The highest BCUT2D eigenvalue weighted by molar-refractivity contribution is 14.0. The van der Waals surface area contributed by atoms with Gasteiger partial charge < -0.3 is 15.4 Å². The molecule has 1 saturated heterocycles. The summed E-state index contributed by atoms with van der Waals surface area (Å²) < 4.78 is 18.7. The maximum atomic E-state index is 13.2. The molecule has 5 nitrogen and oxygen atoms in total. The highest BCUT2D eigenvalue weighted by Gasteiger charge is 2.28. The van der Waals surface area contributed by atoms with Gasteiger partial charge in [0.15, 0.2) is 5.96 Å². The zero-order chi connectivity index (χ0) is 16.2. The lowest BCUT2D eigenvalue weighted by molar-refractivity contribution is 0.0179. The molecule has 0 amide bonds. The van der Waals surface area contributed by atoms with Crippen LogP contribution in [0.2, 0.25) is 0 Å². The Hall–Kier alpha value is -0.930. The van der Waals surface area contributed by atoms with Crippen molar-refractivity contribution in [2.75, 3.05) is 39.9 Å². The second kappa shape index (κ2) is 8.96. The number of halogens is 2. The molecule has 134 valence electrons. The van der Waals surface area contributed by atoms with Gasteiger partial charge in [-0.05, 0) is 30.5 Å². The fourth-order valence-electron chi connectivity index (χ4n) is 2.95. The zero-order valence-corrected chi connectivity index (χ0v) is 16.4. The van der Waals surface area contributed by atoms with E-state index in [2.05, 4.69) is 14.8 Å². The summed E-state index contributed by atoms with van der Waals surface area (Å²) in [5.41, 5.74) is 7.18. The van der Waals surface area contributed by atoms with Gasteiger partial charge in [-0.2, -0.15) is 0 Å². The van der Waals surface area contributed by atoms with E-state index in [1.54, 1.807) is 0 Å². The van der Waals surface area contributed by atoms with Gasteiger partial charge in [0.2, 0.25) is 0 Å². The van der Waals surface area contributed by atoms with Gasteiger partial charge in [0.1, 0.15) is 5.82 Å². The topological polar surface area (TPSA) is 54.1 Å². The van der Waals surface area contributed by atoms with Gasteiger partial charge in [0.05, 0.1) is 25.8 Å². The molecule has 1 aliphatic carbocycles. The van der Waals surface area contributed by atoms with Crippen molar-refractivity contribution in [1.29, 1.82) is 0 Å². The van der Waals surface area contributed by atoms with Crippen molar-refractivity contribution in [3.05, 3.63) is 35.6 Å². The maximum Gasteiger partial charge on any atom is 0.191 e. The fourth-order valence-corrected chi connectivity index (χ4v) is 2.95. The third-order valence-electron chi connectivity index (χ3n) is 4.62. The summed E-state index contributed by atoms with van der Waals surface area (Å²) in [7, 11) is 2.00. The van der Waals surface area contributed by atoms with Crippen LogP contribution in [0.4, 0.5) is 4.39 Å². The fraction of sp³-hybridized carbons (Fsp3) is 0.588. The van der Waals surface area contributed by atoms with E-state index in [1.807, 2.05) is 19.2 Å². The third-order valence-corrected chi connectivity index (χ3v) is 4.62. The predicted molar refractivity (Wildman–Crippen MR) is 104 cm³/mol. The van der Waals surface area contributed by atoms with E-state index in [0.29, 0.717) is 18.5 Å². The number of benzene rings is 1.